The summed E-state index contributed by atoms with van der Waals surface area (Å²) in [5.74, 6) is 1.94. The molecule has 1 saturated heterocycles. The third kappa shape index (κ3) is 7.80. The summed E-state index contributed by atoms with van der Waals surface area (Å²) >= 11 is 0. The predicted molar refractivity (Wildman–Crippen MR) is 161 cm³/mol. The van der Waals surface area contributed by atoms with Crippen molar-refractivity contribution >= 4 is 11.8 Å². The number of carbonyl (C=O) groups is 2. The van der Waals surface area contributed by atoms with Crippen molar-refractivity contribution in [3.63, 3.8) is 0 Å². The van der Waals surface area contributed by atoms with Crippen LogP contribution in [-0.2, 0) is 22.4 Å². The largest absolute Gasteiger partial charge is 0.493 e. The lowest BCUT2D eigenvalue weighted by Crippen LogP contribution is -2.44. The first kappa shape index (κ1) is 30.8. The molecule has 0 saturated carbocycles. The molecule has 224 valence electrons. The molecule has 0 radical (unpaired) electrons. The molecular formula is C33H47N3O5. The number of nitrogens with zero attached hydrogens (tertiary/aromatic N) is 2. The minimum absolute atomic E-state index is 0.0265. The zero-order valence-corrected chi connectivity index (χ0v) is 25.4. The Kier molecular flexibility index (Phi) is 11.1. The van der Waals surface area contributed by atoms with Crippen LogP contribution in [0.15, 0.2) is 42.5 Å². The Morgan fingerprint density at radius 1 is 0.976 bits per heavy atom. The fourth-order valence-electron chi connectivity index (χ4n) is 6.13. The topological polar surface area (TPSA) is 80.3 Å². The van der Waals surface area contributed by atoms with Gasteiger partial charge in [-0.15, -0.1) is 0 Å². The normalized spacial score (nSPS) is 20.0. The molecular weight excluding hydrogens is 518 g/mol. The molecule has 2 aromatic carbocycles. The Morgan fingerprint density at radius 3 is 2.41 bits per heavy atom. The summed E-state index contributed by atoms with van der Waals surface area (Å²) in [5, 5.41) is 3.52. The number of nitrogens with one attached hydrogen (secondary N) is 1. The number of carbonyl (C=O) groups excluding carboxylic acids is 2. The van der Waals surface area contributed by atoms with Gasteiger partial charge in [-0.2, -0.15) is 0 Å². The first-order chi connectivity index (χ1) is 19.8. The molecule has 2 amide bonds. The number of amides is 2. The van der Waals surface area contributed by atoms with Gasteiger partial charge in [-0.25, -0.2) is 0 Å². The molecule has 0 bridgehead atoms. The van der Waals surface area contributed by atoms with Gasteiger partial charge in [0.25, 0.3) is 5.91 Å². The standard InChI is InChI=1S/C33H47N3O5/c1-23(2)36(33(38)27-13-14-30(40-5)31(18-27)41-16-8-15-39-4)22-29-20-34-19-28(29)21-35(3)32(37)26-12-11-24-9-6-7-10-25(24)17-26/h6-7,9-10,13-14,18,23,26,28-29,34H,8,11-12,15-17,19-22H2,1-5H3/t26-,28-,29-/m0/s1. The molecule has 2 aromatic rings. The highest BCUT2D eigenvalue weighted by atomic mass is 16.5. The van der Waals surface area contributed by atoms with Gasteiger partial charge in [0, 0.05) is 70.9 Å². The number of hydrogen-bond acceptors (Lipinski definition) is 6. The van der Waals surface area contributed by atoms with Crippen LogP contribution in [0, 0.1) is 17.8 Å². The van der Waals surface area contributed by atoms with Gasteiger partial charge in [0.05, 0.1) is 13.7 Å². The van der Waals surface area contributed by atoms with Crippen molar-refractivity contribution in [1.82, 2.24) is 15.1 Å². The van der Waals surface area contributed by atoms with E-state index >= 15 is 0 Å². The van der Waals surface area contributed by atoms with Gasteiger partial charge in [-0.05, 0) is 74.3 Å². The van der Waals surface area contributed by atoms with Crippen molar-refractivity contribution in [2.45, 2.75) is 45.6 Å². The van der Waals surface area contributed by atoms with Crippen molar-refractivity contribution in [2.75, 3.05) is 60.7 Å². The summed E-state index contributed by atoms with van der Waals surface area (Å²) in [6.45, 7) is 8.18. The second-order valence-corrected chi connectivity index (χ2v) is 11.7. The number of ether oxygens (including phenoxy) is 3. The molecule has 2 aliphatic rings. The van der Waals surface area contributed by atoms with E-state index in [0.29, 0.717) is 43.4 Å². The summed E-state index contributed by atoms with van der Waals surface area (Å²) in [6, 6.07) is 13.9. The maximum absolute atomic E-state index is 13.8. The van der Waals surface area contributed by atoms with Gasteiger partial charge >= 0.3 is 0 Å². The molecule has 41 heavy (non-hydrogen) atoms. The van der Waals surface area contributed by atoms with E-state index in [9.17, 15) is 9.59 Å². The molecule has 1 fully saturated rings. The molecule has 0 unspecified atom stereocenters. The van der Waals surface area contributed by atoms with Crippen molar-refractivity contribution in [2.24, 2.45) is 17.8 Å². The van der Waals surface area contributed by atoms with Crippen molar-refractivity contribution in [1.29, 1.82) is 0 Å². The Hall–Kier alpha value is -3.10. The van der Waals surface area contributed by atoms with Gasteiger partial charge in [0.15, 0.2) is 11.5 Å². The van der Waals surface area contributed by atoms with Crippen molar-refractivity contribution in [3.05, 3.63) is 59.2 Å². The van der Waals surface area contributed by atoms with Gasteiger partial charge < -0.3 is 29.3 Å². The van der Waals surface area contributed by atoms with Gasteiger partial charge in [-0.1, -0.05) is 24.3 Å². The van der Waals surface area contributed by atoms with E-state index < -0.39 is 0 Å². The third-order valence-electron chi connectivity index (χ3n) is 8.54. The van der Waals surface area contributed by atoms with E-state index in [4.69, 9.17) is 14.2 Å². The van der Waals surface area contributed by atoms with E-state index in [1.807, 2.05) is 16.8 Å². The lowest BCUT2D eigenvalue weighted by molar-refractivity contribution is -0.135. The predicted octanol–water partition coefficient (Wildman–Crippen LogP) is 4.06. The van der Waals surface area contributed by atoms with Crippen LogP contribution in [0.2, 0.25) is 0 Å². The number of benzene rings is 2. The van der Waals surface area contributed by atoms with Crippen LogP contribution in [-0.4, -0.2) is 88.3 Å². The minimum atomic E-state index is -0.0275. The summed E-state index contributed by atoms with van der Waals surface area (Å²) < 4.78 is 16.5. The highest BCUT2D eigenvalue weighted by molar-refractivity contribution is 5.95. The maximum atomic E-state index is 13.8. The SMILES string of the molecule is COCCCOc1cc(C(=O)N(C[C@@H]2CNC[C@H]2CN(C)C(=O)[C@H]2CCc3ccccc3C2)C(C)C)ccc1OC. The lowest BCUT2D eigenvalue weighted by Gasteiger charge is -2.34. The zero-order valence-electron chi connectivity index (χ0n) is 25.4. The van der Waals surface area contributed by atoms with Gasteiger partial charge in [0.1, 0.15) is 0 Å². The van der Waals surface area contributed by atoms with Crippen molar-refractivity contribution < 1.29 is 23.8 Å². The monoisotopic (exact) mass is 565 g/mol. The maximum Gasteiger partial charge on any atom is 0.254 e. The van der Waals surface area contributed by atoms with Crippen LogP contribution in [0.4, 0.5) is 0 Å². The highest BCUT2D eigenvalue weighted by Gasteiger charge is 2.34. The van der Waals surface area contributed by atoms with Crippen LogP contribution >= 0.6 is 0 Å². The lowest BCUT2D eigenvalue weighted by atomic mass is 9.83. The Balaban J connectivity index is 1.39. The molecule has 3 atom stereocenters. The van der Waals surface area contributed by atoms with E-state index in [-0.39, 0.29) is 35.6 Å². The molecule has 8 heteroatoms. The Bertz CT molecular complexity index is 1170. The van der Waals surface area contributed by atoms with Gasteiger partial charge in [-0.3, -0.25) is 9.59 Å². The number of aryl methyl sites for hydroxylation is 1. The first-order valence-electron chi connectivity index (χ1n) is 15.0. The first-order valence-corrected chi connectivity index (χ1v) is 15.0. The summed E-state index contributed by atoms with van der Waals surface area (Å²) in [7, 11) is 5.20. The molecule has 0 spiro atoms. The van der Waals surface area contributed by atoms with E-state index in [2.05, 4.69) is 43.4 Å². The highest BCUT2D eigenvalue weighted by Crippen LogP contribution is 2.30. The number of methoxy groups -OCH3 is 2. The Labute approximate surface area is 245 Å². The number of rotatable bonds is 13. The van der Waals surface area contributed by atoms with E-state index in [1.54, 1.807) is 32.4 Å². The summed E-state index contributed by atoms with van der Waals surface area (Å²) in [6.07, 6.45) is 3.44. The molecule has 1 aliphatic carbocycles. The molecule has 1 aliphatic heterocycles. The molecule has 1 N–H and O–H groups in total. The fourth-order valence-corrected chi connectivity index (χ4v) is 6.13. The fraction of sp³-hybridized carbons (Fsp3) is 0.576. The molecule has 1 heterocycles. The molecule has 0 aromatic heterocycles. The molecule has 4 rings (SSSR count). The van der Waals surface area contributed by atoms with E-state index in [1.165, 1.54) is 11.1 Å². The van der Waals surface area contributed by atoms with Gasteiger partial charge in [0.2, 0.25) is 5.91 Å². The summed E-state index contributed by atoms with van der Waals surface area (Å²) in [4.78, 5) is 31.1. The zero-order chi connectivity index (χ0) is 29.4. The van der Waals surface area contributed by atoms with Crippen LogP contribution in [0.5, 0.6) is 11.5 Å². The minimum Gasteiger partial charge on any atom is -0.493 e. The number of hydrogen-bond donors (Lipinski definition) is 1. The second-order valence-electron chi connectivity index (χ2n) is 11.7. The Morgan fingerprint density at radius 2 is 1.71 bits per heavy atom. The van der Waals surface area contributed by atoms with Crippen LogP contribution in [0.25, 0.3) is 0 Å². The average Bonchev–Trinajstić information content (AvgIpc) is 3.43. The van der Waals surface area contributed by atoms with Crippen molar-refractivity contribution in [3.8, 4) is 11.5 Å². The summed E-state index contributed by atoms with van der Waals surface area (Å²) in [5.41, 5.74) is 3.26. The quantitative estimate of drug-likeness (QED) is 0.369. The van der Waals surface area contributed by atoms with Crippen LogP contribution in [0.1, 0.15) is 48.2 Å². The third-order valence-corrected chi connectivity index (χ3v) is 8.54. The number of fused-ring (bicyclic) bond motifs is 1. The average molecular weight is 566 g/mol. The van der Waals surface area contributed by atoms with Crippen LogP contribution < -0.4 is 14.8 Å². The smallest absolute Gasteiger partial charge is 0.254 e. The van der Waals surface area contributed by atoms with E-state index in [0.717, 1.165) is 38.8 Å². The van der Waals surface area contributed by atoms with Crippen LogP contribution in [0.3, 0.4) is 0 Å². The molecule has 8 nitrogen and oxygen atoms in total. The second kappa shape index (κ2) is 14.7.